The molecule has 1 aromatic heterocycles. The summed E-state index contributed by atoms with van der Waals surface area (Å²) in [4.78, 5) is 8.03. The van der Waals surface area contributed by atoms with E-state index in [1.54, 1.807) is 24.4 Å². The molecule has 0 unspecified atom stereocenters. The van der Waals surface area contributed by atoms with Crippen LogP contribution in [-0.4, -0.2) is 9.97 Å². The van der Waals surface area contributed by atoms with Crippen molar-refractivity contribution in [1.82, 2.24) is 9.97 Å². The number of halogens is 1. The van der Waals surface area contributed by atoms with Crippen molar-refractivity contribution < 1.29 is 4.74 Å². The van der Waals surface area contributed by atoms with E-state index in [2.05, 4.69) is 9.97 Å². The van der Waals surface area contributed by atoms with Gasteiger partial charge in [-0.1, -0.05) is 35.9 Å². The molecular formula is C14H10ClN3O. The monoisotopic (exact) mass is 271 g/mol. The van der Waals surface area contributed by atoms with Crippen LogP contribution >= 0.6 is 11.6 Å². The number of fused-ring (bicyclic) bond motifs is 1. The van der Waals surface area contributed by atoms with Gasteiger partial charge in [0.1, 0.15) is 11.6 Å². The van der Waals surface area contributed by atoms with E-state index in [1.807, 2.05) is 24.3 Å². The predicted molar refractivity (Wildman–Crippen MR) is 75.5 cm³/mol. The zero-order chi connectivity index (χ0) is 13.2. The first-order valence-corrected chi connectivity index (χ1v) is 6.05. The van der Waals surface area contributed by atoms with E-state index in [9.17, 15) is 0 Å². The molecule has 0 saturated carbocycles. The standard InChI is InChI=1S/C14H10ClN3O/c15-11-5-6-12(10-4-2-1-3-9(10)11)19-14-17-8-7-13(16)18-14/h1-8H,(H2,16,17,18). The average molecular weight is 272 g/mol. The van der Waals surface area contributed by atoms with Gasteiger partial charge < -0.3 is 10.5 Å². The number of ether oxygens (including phenoxy) is 1. The highest BCUT2D eigenvalue weighted by atomic mass is 35.5. The summed E-state index contributed by atoms with van der Waals surface area (Å²) in [6.07, 6.45) is 1.55. The topological polar surface area (TPSA) is 61.0 Å². The number of hydrogen-bond donors (Lipinski definition) is 1. The van der Waals surface area contributed by atoms with Crippen molar-refractivity contribution in [2.24, 2.45) is 0 Å². The van der Waals surface area contributed by atoms with Crippen molar-refractivity contribution in [2.45, 2.75) is 0 Å². The fraction of sp³-hybridized carbons (Fsp3) is 0. The fourth-order valence-corrected chi connectivity index (χ4v) is 2.05. The van der Waals surface area contributed by atoms with Crippen LogP contribution in [0.25, 0.3) is 10.8 Å². The van der Waals surface area contributed by atoms with Crippen LogP contribution in [0.1, 0.15) is 0 Å². The number of anilines is 1. The third-order valence-electron chi connectivity index (χ3n) is 2.69. The van der Waals surface area contributed by atoms with Crippen LogP contribution in [-0.2, 0) is 0 Å². The number of benzene rings is 2. The van der Waals surface area contributed by atoms with Crippen molar-refractivity contribution >= 4 is 28.2 Å². The van der Waals surface area contributed by atoms with Crippen molar-refractivity contribution in [2.75, 3.05) is 5.73 Å². The summed E-state index contributed by atoms with van der Waals surface area (Å²) in [6, 6.07) is 13.1. The second kappa shape index (κ2) is 4.74. The predicted octanol–water partition coefficient (Wildman–Crippen LogP) is 3.66. The molecule has 0 atom stereocenters. The van der Waals surface area contributed by atoms with Crippen molar-refractivity contribution in [3.05, 3.63) is 53.7 Å². The van der Waals surface area contributed by atoms with Crippen LogP contribution in [0, 0.1) is 0 Å². The van der Waals surface area contributed by atoms with Crippen LogP contribution in [0.5, 0.6) is 11.8 Å². The minimum Gasteiger partial charge on any atom is -0.424 e. The molecule has 0 radical (unpaired) electrons. The number of nitrogens with zero attached hydrogens (tertiary/aromatic N) is 2. The molecule has 0 amide bonds. The first-order chi connectivity index (χ1) is 9.24. The van der Waals surface area contributed by atoms with Gasteiger partial charge in [0.25, 0.3) is 0 Å². The maximum atomic E-state index is 6.15. The molecule has 4 nitrogen and oxygen atoms in total. The summed E-state index contributed by atoms with van der Waals surface area (Å²) in [7, 11) is 0. The minimum atomic E-state index is 0.215. The molecule has 0 aliphatic carbocycles. The molecule has 0 saturated heterocycles. The molecule has 0 aliphatic heterocycles. The second-order valence-electron chi connectivity index (χ2n) is 3.96. The molecule has 19 heavy (non-hydrogen) atoms. The summed E-state index contributed by atoms with van der Waals surface area (Å²) in [6.45, 7) is 0. The van der Waals surface area contributed by atoms with Gasteiger partial charge >= 0.3 is 6.01 Å². The lowest BCUT2D eigenvalue weighted by molar-refractivity contribution is 0.447. The highest BCUT2D eigenvalue weighted by Gasteiger charge is 2.07. The second-order valence-corrected chi connectivity index (χ2v) is 4.36. The Morgan fingerprint density at radius 1 is 1.00 bits per heavy atom. The minimum absolute atomic E-state index is 0.215. The van der Waals surface area contributed by atoms with Gasteiger partial charge in [0, 0.05) is 22.0 Å². The molecule has 3 aromatic rings. The first-order valence-electron chi connectivity index (χ1n) is 5.67. The lowest BCUT2D eigenvalue weighted by atomic mass is 10.1. The quantitative estimate of drug-likeness (QED) is 0.773. The average Bonchev–Trinajstić information content (AvgIpc) is 2.42. The molecular weight excluding hydrogens is 262 g/mol. The summed E-state index contributed by atoms with van der Waals surface area (Å²) in [5, 5.41) is 2.50. The smallest absolute Gasteiger partial charge is 0.323 e. The Balaban J connectivity index is 2.09. The van der Waals surface area contributed by atoms with Crippen molar-refractivity contribution in [3.8, 4) is 11.8 Å². The van der Waals surface area contributed by atoms with Gasteiger partial charge in [0.2, 0.25) is 0 Å². The van der Waals surface area contributed by atoms with Crippen LogP contribution in [0.4, 0.5) is 5.82 Å². The maximum absolute atomic E-state index is 6.15. The van der Waals surface area contributed by atoms with Crippen molar-refractivity contribution in [1.29, 1.82) is 0 Å². The molecule has 94 valence electrons. The third kappa shape index (κ3) is 2.30. The SMILES string of the molecule is Nc1ccnc(Oc2ccc(Cl)c3ccccc23)n1. The highest BCUT2D eigenvalue weighted by molar-refractivity contribution is 6.35. The van der Waals surface area contributed by atoms with Crippen molar-refractivity contribution in [3.63, 3.8) is 0 Å². The summed E-state index contributed by atoms with van der Waals surface area (Å²) in [5.41, 5.74) is 5.60. The van der Waals surface area contributed by atoms with Gasteiger partial charge in [0.05, 0.1) is 0 Å². The Morgan fingerprint density at radius 3 is 2.58 bits per heavy atom. The van der Waals surface area contributed by atoms with Gasteiger partial charge in [-0.25, -0.2) is 4.98 Å². The van der Waals surface area contributed by atoms with E-state index in [-0.39, 0.29) is 6.01 Å². The van der Waals surface area contributed by atoms with Crippen LogP contribution in [0.3, 0.4) is 0 Å². The lowest BCUT2D eigenvalue weighted by Crippen LogP contribution is -1.96. The Bertz CT molecular complexity index is 746. The van der Waals surface area contributed by atoms with E-state index in [0.29, 0.717) is 16.6 Å². The van der Waals surface area contributed by atoms with Gasteiger partial charge in [0.15, 0.2) is 0 Å². The zero-order valence-corrected chi connectivity index (χ0v) is 10.6. The number of hydrogen-bond acceptors (Lipinski definition) is 4. The van der Waals surface area contributed by atoms with Gasteiger partial charge in [-0.2, -0.15) is 4.98 Å². The molecule has 0 fully saturated rings. The summed E-state index contributed by atoms with van der Waals surface area (Å²) < 4.78 is 5.67. The zero-order valence-electron chi connectivity index (χ0n) is 9.88. The number of rotatable bonds is 2. The fourth-order valence-electron chi connectivity index (χ4n) is 1.83. The van der Waals surface area contributed by atoms with E-state index in [1.165, 1.54) is 0 Å². The van der Waals surface area contributed by atoms with Gasteiger partial charge in [-0.3, -0.25) is 0 Å². The van der Waals surface area contributed by atoms with E-state index in [4.69, 9.17) is 22.1 Å². The summed E-state index contributed by atoms with van der Waals surface area (Å²) in [5.74, 6) is 1.01. The lowest BCUT2D eigenvalue weighted by Gasteiger charge is -2.08. The van der Waals surface area contributed by atoms with E-state index < -0.39 is 0 Å². The largest absolute Gasteiger partial charge is 0.424 e. The molecule has 0 bridgehead atoms. The van der Waals surface area contributed by atoms with Crippen LogP contribution < -0.4 is 10.5 Å². The van der Waals surface area contributed by atoms with Crippen LogP contribution in [0.2, 0.25) is 5.02 Å². The summed E-state index contributed by atoms with van der Waals surface area (Å²) >= 11 is 6.15. The Morgan fingerprint density at radius 2 is 1.79 bits per heavy atom. The van der Waals surface area contributed by atoms with E-state index >= 15 is 0 Å². The Hall–Kier alpha value is -2.33. The molecule has 0 aliphatic rings. The molecule has 0 spiro atoms. The molecule has 2 N–H and O–H groups in total. The number of aromatic nitrogens is 2. The highest BCUT2D eigenvalue weighted by Crippen LogP contribution is 2.33. The first kappa shape index (κ1) is 11.7. The Kier molecular flexibility index (Phi) is 2.93. The van der Waals surface area contributed by atoms with Crippen LogP contribution in [0.15, 0.2) is 48.7 Å². The van der Waals surface area contributed by atoms with Gasteiger partial charge in [-0.05, 0) is 18.2 Å². The molecule has 5 heteroatoms. The molecule has 1 heterocycles. The molecule has 3 rings (SSSR count). The Labute approximate surface area is 114 Å². The number of nitrogen functional groups attached to an aromatic ring is 1. The third-order valence-corrected chi connectivity index (χ3v) is 3.02. The van der Waals surface area contributed by atoms with Gasteiger partial charge in [-0.15, -0.1) is 0 Å². The normalized spacial score (nSPS) is 10.6. The maximum Gasteiger partial charge on any atom is 0.323 e. The molecule has 2 aromatic carbocycles. The number of nitrogens with two attached hydrogens (primary N) is 1. The van der Waals surface area contributed by atoms with E-state index in [0.717, 1.165) is 10.8 Å².